The lowest BCUT2D eigenvalue weighted by atomic mass is 10.0. The minimum Gasteiger partial charge on any atom is -0.379 e. The molecule has 1 aromatic carbocycles. The summed E-state index contributed by atoms with van der Waals surface area (Å²) in [6, 6.07) is 8.40. The van der Waals surface area contributed by atoms with Gasteiger partial charge in [0, 0.05) is 32.2 Å². The van der Waals surface area contributed by atoms with Crippen LogP contribution in [0.4, 0.5) is 4.79 Å². The molecule has 0 bridgehead atoms. The molecule has 1 saturated heterocycles. The summed E-state index contributed by atoms with van der Waals surface area (Å²) in [5.41, 5.74) is 2.35. The normalized spacial score (nSPS) is 16.8. The van der Waals surface area contributed by atoms with Crippen molar-refractivity contribution in [1.29, 1.82) is 0 Å². The minimum absolute atomic E-state index is 0.0970. The van der Waals surface area contributed by atoms with E-state index >= 15 is 0 Å². The number of benzene rings is 1. The van der Waals surface area contributed by atoms with Crippen LogP contribution in [-0.2, 0) is 11.3 Å². The van der Waals surface area contributed by atoms with E-state index in [9.17, 15) is 4.79 Å². The Labute approximate surface area is 145 Å². The Hall–Kier alpha value is -1.59. The predicted molar refractivity (Wildman–Crippen MR) is 97.1 cm³/mol. The smallest absolute Gasteiger partial charge is 0.315 e. The summed E-state index contributed by atoms with van der Waals surface area (Å²) in [6.45, 7) is 11.2. The van der Waals surface area contributed by atoms with Crippen molar-refractivity contribution < 1.29 is 9.53 Å². The van der Waals surface area contributed by atoms with Crippen LogP contribution < -0.4 is 10.6 Å². The lowest BCUT2D eigenvalue weighted by Gasteiger charge is -2.35. The Kier molecular flexibility index (Phi) is 7.53. The number of nitrogens with one attached hydrogen (secondary N) is 2. The quantitative estimate of drug-likeness (QED) is 0.806. The first kappa shape index (κ1) is 18.7. The molecule has 1 fully saturated rings. The van der Waals surface area contributed by atoms with Gasteiger partial charge in [-0.2, -0.15) is 0 Å². The zero-order chi connectivity index (χ0) is 17.4. The van der Waals surface area contributed by atoms with Crippen LogP contribution >= 0.6 is 0 Å². The summed E-state index contributed by atoms with van der Waals surface area (Å²) >= 11 is 0. The first-order chi connectivity index (χ1) is 11.6. The molecule has 2 rings (SSSR count). The zero-order valence-electron chi connectivity index (χ0n) is 15.2. The van der Waals surface area contributed by atoms with Gasteiger partial charge in [0.25, 0.3) is 0 Å². The molecule has 2 N–H and O–H groups in total. The Morgan fingerprint density at radius 2 is 1.92 bits per heavy atom. The predicted octanol–water partition coefficient (Wildman–Crippen LogP) is 2.54. The van der Waals surface area contributed by atoms with Crippen LogP contribution in [-0.4, -0.2) is 49.8 Å². The molecule has 1 aliphatic rings. The molecule has 0 saturated carbocycles. The van der Waals surface area contributed by atoms with Gasteiger partial charge in [-0.25, -0.2) is 4.79 Å². The molecule has 1 aliphatic heterocycles. The Bertz CT molecular complexity index is 513. The van der Waals surface area contributed by atoms with Gasteiger partial charge in [0.2, 0.25) is 0 Å². The van der Waals surface area contributed by atoms with E-state index in [-0.39, 0.29) is 6.03 Å². The van der Waals surface area contributed by atoms with Gasteiger partial charge in [0.15, 0.2) is 0 Å². The van der Waals surface area contributed by atoms with Crippen LogP contribution in [0.5, 0.6) is 0 Å². The van der Waals surface area contributed by atoms with E-state index in [4.69, 9.17) is 4.74 Å². The van der Waals surface area contributed by atoms with Crippen molar-refractivity contribution in [2.75, 3.05) is 32.8 Å². The largest absolute Gasteiger partial charge is 0.379 e. The fourth-order valence-electron chi connectivity index (χ4n) is 3.11. The number of amides is 2. The van der Waals surface area contributed by atoms with Gasteiger partial charge in [-0.1, -0.05) is 38.1 Å². The third-order valence-electron chi connectivity index (χ3n) is 4.50. The second-order valence-corrected chi connectivity index (χ2v) is 6.92. The summed E-state index contributed by atoms with van der Waals surface area (Å²) in [5.74, 6) is 0.606. The summed E-state index contributed by atoms with van der Waals surface area (Å²) < 4.78 is 5.44. The second-order valence-electron chi connectivity index (χ2n) is 6.92. The van der Waals surface area contributed by atoms with E-state index in [0.717, 1.165) is 38.3 Å². The van der Waals surface area contributed by atoms with Crippen molar-refractivity contribution in [3.63, 3.8) is 0 Å². The van der Waals surface area contributed by atoms with Gasteiger partial charge >= 0.3 is 6.03 Å². The number of carbonyl (C=O) groups is 1. The van der Waals surface area contributed by atoms with E-state index in [0.29, 0.717) is 25.0 Å². The number of hydrogen-bond acceptors (Lipinski definition) is 3. The highest BCUT2D eigenvalue weighted by molar-refractivity contribution is 5.73. The first-order valence-electron chi connectivity index (χ1n) is 8.94. The second kappa shape index (κ2) is 9.64. The van der Waals surface area contributed by atoms with Gasteiger partial charge in [0.1, 0.15) is 0 Å². The van der Waals surface area contributed by atoms with Crippen molar-refractivity contribution in [3.8, 4) is 0 Å². The number of hydrogen-bond donors (Lipinski definition) is 2. The highest BCUT2D eigenvalue weighted by atomic mass is 16.5. The molecule has 0 aromatic heterocycles. The Morgan fingerprint density at radius 3 is 2.58 bits per heavy atom. The molecular formula is C19H31N3O2. The van der Waals surface area contributed by atoms with Crippen molar-refractivity contribution in [2.24, 2.45) is 5.92 Å². The number of nitrogens with zero attached hydrogens (tertiary/aromatic N) is 1. The molecule has 0 unspecified atom stereocenters. The van der Waals surface area contributed by atoms with Crippen LogP contribution in [0.15, 0.2) is 24.3 Å². The van der Waals surface area contributed by atoms with Crippen LogP contribution in [0.2, 0.25) is 0 Å². The molecule has 0 radical (unpaired) electrons. The van der Waals surface area contributed by atoms with Crippen LogP contribution in [0.3, 0.4) is 0 Å². The highest BCUT2D eigenvalue weighted by Crippen LogP contribution is 2.13. The van der Waals surface area contributed by atoms with Gasteiger partial charge in [-0.05, 0) is 30.4 Å². The van der Waals surface area contributed by atoms with Crippen molar-refractivity contribution >= 4 is 6.03 Å². The van der Waals surface area contributed by atoms with Crippen molar-refractivity contribution in [1.82, 2.24) is 15.5 Å². The summed E-state index contributed by atoms with van der Waals surface area (Å²) in [7, 11) is 0. The number of aryl methyl sites for hydroxylation is 1. The van der Waals surface area contributed by atoms with E-state index in [2.05, 4.69) is 42.4 Å². The van der Waals surface area contributed by atoms with Gasteiger partial charge in [-0.15, -0.1) is 0 Å². The van der Waals surface area contributed by atoms with Crippen LogP contribution in [0.25, 0.3) is 0 Å². The van der Waals surface area contributed by atoms with Gasteiger partial charge in [-0.3, -0.25) is 4.90 Å². The SMILES string of the molecule is Cc1ccccc1CNC(=O)NC[C@@H](CC(C)C)N1CCOCC1. The molecule has 2 amide bonds. The zero-order valence-corrected chi connectivity index (χ0v) is 15.2. The topological polar surface area (TPSA) is 53.6 Å². The summed E-state index contributed by atoms with van der Waals surface area (Å²) in [6.07, 6.45) is 1.08. The molecule has 5 nitrogen and oxygen atoms in total. The minimum atomic E-state index is -0.0970. The lowest BCUT2D eigenvalue weighted by molar-refractivity contribution is 0.0129. The maximum atomic E-state index is 12.1. The highest BCUT2D eigenvalue weighted by Gasteiger charge is 2.22. The maximum Gasteiger partial charge on any atom is 0.315 e. The van der Waals surface area contributed by atoms with E-state index in [1.54, 1.807) is 0 Å². The fraction of sp³-hybridized carbons (Fsp3) is 0.632. The fourth-order valence-corrected chi connectivity index (χ4v) is 3.11. The van der Waals surface area contributed by atoms with Gasteiger partial charge in [0.05, 0.1) is 13.2 Å². The number of ether oxygens (including phenoxy) is 1. The Morgan fingerprint density at radius 1 is 1.21 bits per heavy atom. The molecular weight excluding hydrogens is 302 g/mol. The number of carbonyl (C=O) groups excluding carboxylic acids is 1. The van der Waals surface area contributed by atoms with E-state index < -0.39 is 0 Å². The average molecular weight is 333 g/mol. The van der Waals surface area contributed by atoms with Crippen molar-refractivity contribution in [2.45, 2.75) is 39.8 Å². The molecule has 0 aliphatic carbocycles. The summed E-state index contributed by atoms with van der Waals surface area (Å²) in [5, 5.41) is 6.00. The monoisotopic (exact) mass is 333 g/mol. The standard InChI is InChI=1S/C19H31N3O2/c1-15(2)12-18(22-8-10-24-11-9-22)14-21-19(23)20-13-17-7-5-4-6-16(17)3/h4-7,15,18H,8-14H2,1-3H3,(H2,20,21,23)/t18-/m1/s1. The van der Waals surface area contributed by atoms with Gasteiger partial charge < -0.3 is 15.4 Å². The number of rotatable bonds is 7. The number of morpholine rings is 1. The molecule has 1 aromatic rings. The van der Waals surface area contributed by atoms with E-state index in [1.165, 1.54) is 5.56 Å². The lowest BCUT2D eigenvalue weighted by Crippen LogP contribution is -2.50. The first-order valence-corrected chi connectivity index (χ1v) is 8.94. The van der Waals surface area contributed by atoms with Crippen LogP contribution in [0, 0.1) is 12.8 Å². The molecule has 134 valence electrons. The molecule has 0 spiro atoms. The third kappa shape index (κ3) is 6.13. The Balaban J connectivity index is 1.79. The maximum absolute atomic E-state index is 12.1. The third-order valence-corrected chi connectivity index (χ3v) is 4.50. The molecule has 1 atom stereocenters. The average Bonchev–Trinajstić information content (AvgIpc) is 2.58. The van der Waals surface area contributed by atoms with E-state index in [1.807, 2.05) is 18.2 Å². The summed E-state index contributed by atoms with van der Waals surface area (Å²) in [4.78, 5) is 14.6. The molecule has 5 heteroatoms. The van der Waals surface area contributed by atoms with Crippen molar-refractivity contribution in [3.05, 3.63) is 35.4 Å². The molecule has 24 heavy (non-hydrogen) atoms. The number of urea groups is 1. The molecule has 1 heterocycles. The van der Waals surface area contributed by atoms with Crippen LogP contribution in [0.1, 0.15) is 31.4 Å².